The smallest absolute Gasteiger partial charge is 0.231 e. The van der Waals surface area contributed by atoms with Crippen molar-refractivity contribution in [2.24, 2.45) is 0 Å². The number of rotatable bonds is 7. The minimum atomic E-state index is -0.109. The van der Waals surface area contributed by atoms with E-state index in [1.165, 1.54) is 0 Å². The van der Waals surface area contributed by atoms with Gasteiger partial charge in [0.1, 0.15) is 5.75 Å². The standard InChI is InChI=1S/C22H22N2O4/c1-26-18-6-4-5-17(12-18)19(24-9-2-3-10-24)13-22(25)23-14-16-7-8-20-21(11-16)28-15-27-20/h2-12,19H,13-15H2,1H3,(H,23,25). The highest BCUT2D eigenvalue weighted by atomic mass is 16.7. The van der Waals surface area contributed by atoms with Gasteiger partial charge in [0, 0.05) is 18.9 Å². The SMILES string of the molecule is COc1cccc(C(CC(=O)NCc2ccc3c(c2)OCO3)n2cccc2)c1. The van der Waals surface area contributed by atoms with Crippen molar-refractivity contribution in [2.75, 3.05) is 13.9 Å². The lowest BCUT2D eigenvalue weighted by atomic mass is 10.0. The largest absolute Gasteiger partial charge is 0.497 e. The van der Waals surface area contributed by atoms with E-state index < -0.39 is 0 Å². The Balaban J connectivity index is 1.45. The summed E-state index contributed by atoms with van der Waals surface area (Å²) < 4.78 is 18.1. The summed E-state index contributed by atoms with van der Waals surface area (Å²) in [5.74, 6) is 2.20. The molecule has 1 N–H and O–H groups in total. The molecule has 1 unspecified atom stereocenters. The Morgan fingerprint density at radius 3 is 2.75 bits per heavy atom. The van der Waals surface area contributed by atoms with Crippen molar-refractivity contribution >= 4 is 5.91 Å². The number of benzene rings is 2. The lowest BCUT2D eigenvalue weighted by molar-refractivity contribution is -0.121. The van der Waals surface area contributed by atoms with Gasteiger partial charge in [0.2, 0.25) is 12.7 Å². The average molecular weight is 378 g/mol. The molecule has 1 aliphatic rings. The normalized spacial score (nSPS) is 13.2. The molecule has 2 heterocycles. The summed E-state index contributed by atoms with van der Waals surface area (Å²) in [6.07, 6.45) is 4.26. The summed E-state index contributed by atoms with van der Waals surface area (Å²) in [5.41, 5.74) is 1.99. The van der Waals surface area contributed by atoms with Crippen LogP contribution >= 0.6 is 0 Å². The van der Waals surface area contributed by atoms with Gasteiger partial charge in [-0.05, 0) is 47.5 Å². The predicted molar refractivity (Wildman–Crippen MR) is 105 cm³/mol. The van der Waals surface area contributed by atoms with Gasteiger partial charge in [0.25, 0.3) is 0 Å². The number of carbonyl (C=O) groups is 1. The van der Waals surface area contributed by atoms with Crippen LogP contribution in [0.25, 0.3) is 0 Å². The van der Waals surface area contributed by atoms with Crippen LogP contribution < -0.4 is 19.5 Å². The van der Waals surface area contributed by atoms with E-state index in [1.54, 1.807) is 7.11 Å². The summed E-state index contributed by atoms with van der Waals surface area (Å²) in [6, 6.07) is 17.3. The van der Waals surface area contributed by atoms with E-state index in [0.29, 0.717) is 18.7 Å². The van der Waals surface area contributed by atoms with Crippen molar-refractivity contribution < 1.29 is 19.0 Å². The molecule has 2 aromatic carbocycles. The third-order valence-electron chi connectivity index (χ3n) is 4.77. The van der Waals surface area contributed by atoms with Gasteiger partial charge in [0.15, 0.2) is 11.5 Å². The molecule has 4 rings (SSSR count). The number of nitrogens with one attached hydrogen (secondary N) is 1. The first-order valence-corrected chi connectivity index (χ1v) is 9.14. The Hall–Kier alpha value is -3.41. The molecule has 1 aromatic heterocycles. The van der Waals surface area contributed by atoms with E-state index in [-0.39, 0.29) is 18.7 Å². The number of ether oxygens (including phenoxy) is 3. The van der Waals surface area contributed by atoms with Crippen LogP contribution in [0.5, 0.6) is 17.2 Å². The molecule has 0 saturated heterocycles. The quantitative estimate of drug-likeness (QED) is 0.683. The second-order valence-corrected chi connectivity index (χ2v) is 6.59. The topological polar surface area (TPSA) is 61.7 Å². The van der Waals surface area contributed by atoms with Crippen LogP contribution in [0, 0.1) is 0 Å². The van der Waals surface area contributed by atoms with Gasteiger partial charge in [-0.1, -0.05) is 18.2 Å². The Morgan fingerprint density at radius 1 is 1.11 bits per heavy atom. The van der Waals surface area contributed by atoms with E-state index in [0.717, 1.165) is 22.6 Å². The van der Waals surface area contributed by atoms with Gasteiger partial charge in [0.05, 0.1) is 19.6 Å². The summed E-state index contributed by atoms with van der Waals surface area (Å²) >= 11 is 0. The Labute approximate surface area is 163 Å². The fraction of sp³-hybridized carbons (Fsp3) is 0.227. The molecular weight excluding hydrogens is 356 g/mol. The van der Waals surface area contributed by atoms with Gasteiger partial charge in [-0.25, -0.2) is 0 Å². The molecule has 3 aromatic rings. The zero-order valence-corrected chi connectivity index (χ0v) is 15.6. The number of methoxy groups -OCH3 is 1. The predicted octanol–water partition coefficient (Wildman–Crippen LogP) is 3.52. The number of amides is 1. The van der Waals surface area contributed by atoms with E-state index in [4.69, 9.17) is 14.2 Å². The maximum atomic E-state index is 12.7. The zero-order valence-electron chi connectivity index (χ0n) is 15.6. The number of hydrogen-bond donors (Lipinski definition) is 1. The van der Waals surface area contributed by atoms with Crippen molar-refractivity contribution in [2.45, 2.75) is 19.0 Å². The van der Waals surface area contributed by atoms with Crippen LogP contribution in [0.4, 0.5) is 0 Å². The molecular formula is C22H22N2O4. The number of fused-ring (bicyclic) bond motifs is 1. The molecule has 1 aliphatic heterocycles. The van der Waals surface area contributed by atoms with Crippen LogP contribution in [0.15, 0.2) is 67.0 Å². The highest BCUT2D eigenvalue weighted by Crippen LogP contribution is 2.32. The highest BCUT2D eigenvalue weighted by molar-refractivity contribution is 5.77. The summed E-state index contributed by atoms with van der Waals surface area (Å²) in [7, 11) is 1.64. The fourth-order valence-electron chi connectivity index (χ4n) is 3.30. The number of hydrogen-bond acceptors (Lipinski definition) is 4. The van der Waals surface area contributed by atoms with Crippen molar-refractivity contribution in [1.29, 1.82) is 0 Å². The van der Waals surface area contributed by atoms with Crippen molar-refractivity contribution in [3.63, 3.8) is 0 Å². The first-order chi connectivity index (χ1) is 13.7. The van der Waals surface area contributed by atoms with Crippen molar-refractivity contribution in [1.82, 2.24) is 9.88 Å². The first kappa shape index (κ1) is 18.0. The molecule has 1 atom stereocenters. The van der Waals surface area contributed by atoms with Crippen LogP contribution in [0.3, 0.4) is 0 Å². The third-order valence-corrected chi connectivity index (χ3v) is 4.77. The zero-order chi connectivity index (χ0) is 19.3. The van der Waals surface area contributed by atoms with Gasteiger partial charge >= 0.3 is 0 Å². The van der Waals surface area contributed by atoms with Gasteiger partial charge < -0.3 is 24.1 Å². The Morgan fingerprint density at radius 2 is 1.93 bits per heavy atom. The minimum Gasteiger partial charge on any atom is -0.497 e. The lowest BCUT2D eigenvalue weighted by Crippen LogP contribution is -2.26. The molecule has 0 fully saturated rings. The molecule has 6 nitrogen and oxygen atoms in total. The molecule has 0 bridgehead atoms. The number of carbonyl (C=O) groups excluding carboxylic acids is 1. The van der Waals surface area contributed by atoms with E-state index >= 15 is 0 Å². The maximum absolute atomic E-state index is 12.7. The van der Waals surface area contributed by atoms with E-state index in [9.17, 15) is 4.79 Å². The molecule has 0 saturated carbocycles. The Bertz CT molecular complexity index is 953. The fourth-order valence-corrected chi connectivity index (χ4v) is 3.30. The van der Waals surface area contributed by atoms with Crippen LogP contribution in [0.2, 0.25) is 0 Å². The average Bonchev–Trinajstić information content (AvgIpc) is 3.42. The van der Waals surface area contributed by atoms with Crippen LogP contribution in [-0.4, -0.2) is 24.4 Å². The van der Waals surface area contributed by atoms with Crippen molar-refractivity contribution in [3.05, 3.63) is 78.1 Å². The van der Waals surface area contributed by atoms with Crippen LogP contribution in [0.1, 0.15) is 23.6 Å². The van der Waals surface area contributed by atoms with Crippen molar-refractivity contribution in [3.8, 4) is 17.2 Å². The molecule has 28 heavy (non-hydrogen) atoms. The lowest BCUT2D eigenvalue weighted by Gasteiger charge is -2.20. The second kappa shape index (κ2) is 8.08. The molecule has 6 heteroatoms. The third kappa shape index (κ3) is 3.96. The summed E-state index contributed by atoms with van der Waals surface area (Å²) in [5, 5.41) is 3.00. The summed E-state index contributed by atoms with van der Waals surface area (Å²) in [4.78, 5) is 12.7. The monoisotopic (exact) mass is 378 g/mol. The molecule has 144 valence electrons. The Kier molecular flexibility index (Phi) is 5.19. The van der Waals surface area contributed by atoms with Gasteiger partial charge in [-0.3, -0.25) is 4.79 Å². The summed E-state index contributed by atoms with van der Waals surface area (Å²) in [6.45, 7) is 0.677. The van der Waals surface area contributed by atoms with E-state index in [1.807, 2.05) is 71.6 Å². The molecule has 0 radical (unpaired) electrons. The van der Waals surface area contributed by atoms with Crippen LogP contribution in [-0.2, 0) is 11.3 Å². The van der Waals surface area contributed by atoms with Gasteiger partial charge in [-0.15, -0.1) is 0 Å². The van der Waals surface area contributed by atoms with E-state index in [2.05, 4.69) is 5.32 Å². The molecule has 0 spiro atoms. The number of aromatic nitrogens is 1. The van der Waals surface area contributed by atoms with Gasteiger partial charge in [-0.2, -0.15) is 0 Å². The first-order valence-electron chi connectivity index (χ1n) is 9.14. The minimum absolute atomic E-state index is 0.0285. The second-order valence-electron chi connectivity index (χ2n) is 6.59. The molecule has 1 amide bonds. The maximum Gasteiger partial charge on any atom is 0.231 e. The highest BCUT2D eigenvalue weighted by Gasteiger charge is 2.18. The molecule has 0 aliphatic carbocycles. The number of nitrogens with zero attached hydrogens (tertiary/aromatic N) is 1.